The topological polar surface area (TPSA) is 66.7 Å². The lowest BCUT2D eigenvalue weighted by Crippen LogP contribution is -2.42. The molecule has 25 heavy (non-hydrogen) atoms. The average molecular weight is 406 g/mol. The molecule has 1 atom stereocenters. The highest BCUT2D eigenvalue weighted by molar-refractivity contribution is 9.10. The molecule has 1 heterocycles. The van der Waals surface area contributed by atoms with Gasteiger partial charge in [0.1, 0.15) is 18.4 Å². The van der Waals surface area contributed by atoms with Crippen molar-refractivity contribution in [2.24, 2.45) is 5.16 Å². The normalized spacial score (nSPS) is 13.6. The Morgan fingerprint density at radius 1 is 1.16 bits per heavy atom. The Balaban J connectivity index is 2.08. The quantitative estimate of drug-likeness (QED) is 0.547. The van der Waals surface area contributed by atoms with E-state index in [4.69, 9.17) is 4.84 Å². The zero-order valence-electron chi connectivity index (χ0n) is 14.7. The highest BCUT2D eigenvalue weighted by Crippen LogP contribution is 2.15. The summed E-state index contributed by atoms with van der Waals surface area (Å²) in [6.45, 7) is 6.71. The molecule has 0 aliphatic rings. The van der Waals surface area contributed by atoms with E-state index in [0.29, 0.717) is 12.3 Å². The summed E-state index contributed by atoms with van der Waals surface area (Å²) in [4.78, 5) is 9.47. The van der Waals surface area contributed by atoms with E-state index in [9.17, 15) is 5.11 Å². The second-order valence-electron chi connectivity index (χ2n) is 6.76. The van der Waals surface area contributed by atoms with Crippen LogP contribution in [0.4, 0.5) is 0 Å². The summed E-state index contributed by atoms with van der Waals surface area (Å²) in [5.74, 6) is 0. The predicted octanol–water partition coefficient (Wildman–Crippen LogP) is 3.36. The molecule has 6 heteroatoms. The number of hydrogen-bond donors (Lipinski definition) is 2. The first-order chi connectivity index (χ1) is 11.8. The molecule has 1 aromatic heterocycles. The number of oxime groups is 1. The number of benzene rings is 1. The van der Waals surface area contributed by atoms with Gasteiger partial charge in [0.05, 0.1) is 0 Å². The number of pyridine rings is 1. The Bertz CT molecular complexity index is 682. The number of halogens is 1. The fourth-order valence-electron chi connectivity index (χ4n) is 2.06. The van der Waals surface area contributed by atoms with Crippen molar-refractivity contribution >= 4 is 21.6 Å². The average Bonchev–Trinajstić information content (AvgIpc) is 2.58. The van der Waals surface area contributed by atoms with Gasteiger partial charge in [-0.2, -0.15) is 0 Å². The van der Waals surface area contributed by atoms with Crippen molar-refractivity contribution in [1.82, 2.24) is 10.3 Å². The van der Waals surface area contributed by atoms with Gasteiger partial charge >= 0.3 is 0 Å². The van der Waals surface area contributed by atoms with Gasteiger partial charge < -0.3 is 15.3 Å². The number of nitrogens with zero attached hydrogens (tertiary/aromatic N) is 2. The first kappa shape index (κ1) is 19.6. The van der Waals surface area contributed by atoms with Crippen molar-refractivity contribution < 1.29 is 9.94 Å². The van der Waals surface area contributed by atoms with Crippen LogP contribution in [0.25, 0.3) is 0 Å². The summed E-state index contributed by atoms with van der Waals surface area (Å²) >= 11 is 3.43. The number of β-amino-alcohol motifs (C(OH)–C–C–N with tert-alkyl or cyclic N) is 1. The highest BCUT2D eigenvalue weighted by atomic mass is 79.9. The summed E-state index contributed by atoms with van der Waals surface area (Å²) in [5, 5.41) is 17.5. The molecule has 1 unspecified atom stereocenters. The molecule has 134 valence electrons. The molecule has 0 amide bonds. The van der Waals surface area contributed by atoms with Gasteiger partial charge in [-0.1, -0.05) is 33.2 Å². The SMILES string of the molecule is CC(C)(C)NCC(O)CO/N=C(\c1ccncc1)c1ccc(Br)cc1. The molecule has 5 nitrogen and oxygen atoms in total. The Morgan fingerprint density at radius 3 is 2.36 bits per heavy atom. The first-order valence-corrected chi connectivity index (χ1v) is 8.94. The monoisotopic (exact) mass is 405 g/mol. The molecule has 0 saturated carbocycles. The lowest BCUT2D eigenvalue weighted by atomic mass is 10.0. The summed E-state index contributed by atoms with van der Waals surface area (Å²) in [5.41, 5.74) is 2.48. The fourth-order valence-corrected chi connectivity index (χ4v) is 2.32. The van der Waals surface area contributed by atoms with Crippen LogP contribution in [0.1, 0.15) is 31.9 Å². The van der Waals surface area contributed by atoms with Gasteiger partial charge in [0.2, 0.25) is 0 Å². The minimum Gasteiger partial charge on any atom is -0.392 e. The number of rotatable bonds is 7. The zero-order chi connectivity index (χ0) is 18.3. The largest absolute Gasteiger partial charge is 0.392 e. The van der Waals surface area contributed by atoms with Crippen LogP contribution in [0, 0.1) is 0 Å². The van der Waals surface area contributed by atoms with E-state index < -0.39 is 6.10 Å². The lowest BCUT2D eigenvalue weighted by Gasteiger charge is -2.22. The molecular formula is C19H24BrN3O2. The molecule has 2 aromatic rings. The fraction of sp³-hybridized carbons (Fsp3) is 0.368. The van der Waals surface area contributed by atoms with Crippen molar-refractivity contribution in [2.75, 3.05) is 13.2 Å². The minimum atomic E-state index is -0.633. The summed E-state index contributed by atoms with van der Waals surface area (Å²) in [7, 11) is 0. The maximum absolute atomic E-state index is 10.0. The molecule has 0 aliphatic heterocycles. The Labute approximate surface area is 157 Å². The van der Waals surface area contributed by atoms with E-state index in [2.05, 4.69) is 31.4 Å². The van der Waals surface area contributed by atoms with Crippen LogP contribution >= 0.6 is 15.9 Å². The smallest absolute Gasteiger partial charge is 0.144 e. The van der Waals surface area contributed by atoms with Gasteiger partial charge in [-0.3, -0.25) is 4.98 Å². The van der Waals surface area contributed by atoms with Crippen molar-refractivity contribution in [2.45, 2.75) is 32.4 Å². The van der Waals surface area contributed by atoms with Crippen molar-refractivity contribution in [3.63, 3.8) is 0 Å². The number of aliphatic hydroxyl groups is 1. The molecule has 0 aliphatic carbocycles. The molecule has 2 N–H and O–H groups in total. The predicted molar refractivity (Wildman–Crippen MR) is 104 cm³/mol. The Hall–Kier alpha value is -1.76. The van der Waals surface area contributed by atoms with Gasteiger partial charge in [-0.05, 0) is 45.0 Å². The molecule has 1 aromatic carbocycles. The lowest BCUT2D eigenvalue weighted by molar-refractivity contribution is 0.0374. The van der Waals surface area contributed by atoms with Gasteiger partial charge in [-0.15, -0.1) is 0 Å². The Morgan fingerprint density at radius 2 is 1.76 bits per heavy atom. The van der Waals surface area contributed by atoms with E-state index in [0.717, 1.165) is 15.6 Å². The number of hydrogen-bond acceptors (Lipinski definition) is 5. The molecule has 0 radical (unpaired) electrons. The van der Waals surface area contributed by atoms with Crippen LogP contribution in [-0.4, -0.2) is 40.6 Å². The number of aliphatic hydroxyl groups excluding tert-OH is 1. The van der Waals surface area contributed by atoms with Gasteiger partial charge in [0.25, 0.3) is 0 Å². The molecule has 0 bridgehead atoms. The third kappa shape index (κ3) is 6.94. The summed E-state index contributed by atoms with van der Waals surface area (Å²) < 4.78 is 0.995. The summed E-state index contributed by atoms with van der Waals surface area (Å²) in [6, 6.07) is 11.6. The molecule has 0 fully saturated rings. The van der Waals surface area contributed by atoms with E-state index in [1.807, 2.05) is 57.2 Å². The standard InChI is InChI=1S/C19H24BrN3O2/c1-19(2,3)22-12-17(24)13-25-23-18(15-8-10-21-11-9-15)14-4-6-16(20)7-5-14/h4-11,17,22,24H,12-13H2,1-3H3/b23-18-. The van der Waals surface area contributed by atoms with E-state index in [-0.39, 0.29) is 12.1 Å². The second kappa shape index (κ2) is 9.08. The molecular weight excluding hydrogens is 382 g/mol. The third-order valence-electron chi connectivity index (χ3n) is 3.36. The van der Waals surface area contributed by atoms with Crippen LogP contribution < -0.4 is 5.32 Å². The third-order valence-corrected chi connectivity index (χ3v) is 3.89. The van der Waals surface area contributed by atoms with E-state index >= 15 is 0 Å². The van der Waals surface area contributed by atoms with E-state index in [1.54, 1.807) is 12.4 Å². The maximum atomic E-state index is 10.0. The highest BCUT2D eigenvalue weighted by Gasteiger charge is 2.13. The van der Waals surface area contributed by atoms with Crippen LogP contribution in [-0.2, 0) is 4.84 Å². The summed E-state index contributed by atoms with van der Waals surface area (Å²) in [6.07, 6.45) is 2.80. The van der Waals surface area contributed by atoms with Crippen molar-refractivity contribution in [1.29, 1.82) is 0 Å². The maximum Gasteiger partial charge on any atom is 0.144 e. The first-order valence-electron chi connectivity index (χ1n) is 8.14. The number of aromatic nitrogens is 1. The van der Waals surface area contributed by atoms with Gasteiger partial charge in [0.15, 0.2) is 0 Å². The second-order valence-corrected chi connectivity index (χ2v) is 7.68. The Kier molecular flexibility index (Phi) is 7.11. The number of nitrogens with one attached hydrogen (secondary N) is 1. The van der Waals surface area contributed by atoms with Gasteiger partial charge in [-0.25, -0.2) is 0 Å². The van der Waals surface area contributed by atoms with Crippen LogP contribution in [0.3, 0.4) is 0 Å². The van der Waals surface area contributed by atoms with Crippen LogP contribution in [0.5, 0.6) is 0 Å². The molecule has 0 saturated heterocycles. The van der Waals surface area contributed by atoms with Crippen molar-refractivity contribution in [3.05, 3.63) is 64.4 Å². The van der Waals surface area contributed by atoms with Crippen LogP contribution in [0.2, 0.25) is 0 Å². The van der Waals surface area contributed by atoms with Crippen LogP contribution in [0.15, 0.2) is 58.4 Å². The molecule has 2 rings (SSSR count). The minimum absolute atomic E-state index is 0.0517. The van der Waals surface area contributed by atoms with E-state index in [1.165, 1.54) is 0 Å². The van der Waals surface area contributed by atoms with Gasteiger partial charge in [0, 0.05) is 40.1 Å². The molecule has 0 spiro atoms. The van der Waals surface area contributed by atoms with Crippen molar-refractivity contribution in [3.8, 4) is 0 Å². The zero-order valence-corrected chi connectivity index (χ0v) is 16.3.